The van der Waals surface area contributed by atoms with Crippen LogP contribution in [-0.2, 0) is 0 Å². The molecular weight excluding hydrogens is 798 g/mol. The Morgan fingerprint density at radius 2 is 0.797 bits per heavy atom. The molecule has 276 valence electrons. The molecule has 12 rings (SSSR count). The molecule has 0 amide bonds. The fourth-order valence-corrected chi connectivity index (χ4v) is 17.5. The molecule has 5 heteroatoms. The van der Waals surface area contributed by atoms with Crippen LogP contribution >= 0.6 is 0 Å². The van der Waals surface area contributed by atoms with Crippen molar-refractivity contribution in [2.75, 3.05) is 0 Å². The number of benzene rings is 9. The average molecular weight is 834 g/mol. The van der Waals surface area contributed by atoms with Crippen LogP contribution in [0.5, 0.6) is 23.0 Å². The molecule has 0 saturated carbocycles. The van der Waals surface area contributed by atoms with Gasteiger partial charge in [-0.05, 0) is 0 Å². The van der Waals surface area contributed by atoms with E-state index >= 15 is 0 Å². The van der Waals surface area contributed by atoms with Crippen LogP contribution in [0.25, 0.3) is 41.5 Å². The zero-order valence-electron chi connectivity index (χ0n) is 32.0. The Balaban J connectivity index is 1.03. The van der Waals surface area contributed by atoms with Crippen molar-refractivity contribution in [3.05, 3.63) is 212 Å². The first kappa shape index (κ1) is 34.4. The number of ether oxygens (including phenoxy) is 2. The second-order valence-corrected chi connectivity index (χ2v) is 21.4. The van der Waals surface area contributed by atoms with Crippen LogP contribution in [0, 0.1) is 0 Å². The van der Waals surface area contributed by atoms with Gasteiger partial charge in [0.1, 0.15) is 0 Å². The summed E-state index contributed by atoms with van der Waals surface area (Å²) in [6, 6.07) is 78.1. The van der Waals surface area contributed by atoms with Crippen LogP contribution in [0.3, 0.4) is 0 Å². The molecule has 0 N–H and O–H groups in total. The van der Waals surface area contributed by atoms with Gasteiger partial charge >= 0.3 is 353 Å². The van der Waals surface area contributed by atoms with E-state index in [2.05, 4.69) is 212 Å². The van der Waals surface area contributed by atoms with Gasteiger partial charge in [-0.15, -0.1) is 0 Å². The molecule has 2 aliphatic rings. The third kappa shape index (κ3) is 5.33. The van der Waals surface area contributed by atoms with Gasteiger partial charge in [-0.3, -0.25) is 0 Å². The number of hydrogen-bond acceptors (Lipinski definition) is 2. The Labute approximate surface area is 350 Å². The average Bonchev–Trinajstić information content (AvgIpc) is 3.70. The molecule has 2 aliphatic heterocycles. The molecule has 10 aromatic rings. The number of fused-ring (bicyclic) bond motifs is 7. The van der Waals surface area contributed by atoms with E-state index in [0.29, 0.717) is 0 Å². The molecule has 9 aromatic carbocycles. The summed E-state index contributed by atoms with van der Waals surface area (Å²) in [6.45, 7) is 0.0599. The van der Waals surface area contributed by atoms with Crippen LogP contribution in [0.15, 0.2) is 212 Å². The van der Waals surface area contributed by atoms with Crippen molar-refractivity contribution in [3.8, 4) is 45.3 Å². The Morgan fingerprint density at radius 3 is 1.32 bits per heavy atom. The van der Waals surface area contributed by atoms with Crippen molar-refractivity contribution >= 4 is 85.7 Å². The van der Waals surface area contributed by atoms with Gasteiger partial charge in [0, 0.05) is 0 Å². The summed E-state index contributed by atoms with van der Waals surface area (Å²) in [7, 11) is -2.69. The number of rotatable bonds is 6. The van der Waals surface area contributed by atoms with E-state index in [0.717, 1.165) is 34.0 Å². The first-order chi connectivity index (χ1) is 29.3. The Kier molecular flexibility index (Phi) is 8.02. The Hall–Kier alpha value is -6.62. The molecule has 2 nitrogen and oxygen atoms in total. The number of hydrogen-bond donors (Lipinski definition) is 0. The van der Waals surface area contributed by atoms with Gasteiger partial charge in [-0.25, -0.2) is 0 Å². The van der Waals surface area contributed by atoms with Crippen molar-refractivity contribution in [1.82, 2.24) is 0 Å². The maximum absolute atomic E-state index is 6.72. The monoisotopic (exact) mass is 834 g/mol. The third-order valence-corrected chi connectivity index (χ3v) is 19.8. The summed E-state index contributed by atoms with van der Waals surface area (Å²) in [4.78, 5) is 0. The summed E-state index contributed by atoms with van der Waals surface area (Å²) < 4.78 is 16.3. The molecule has 1 aromatic heterocycles. The molecule has 0 radical (unpaired) electrons. The fraction of sp³-hybridized carbons (Fsp3) is 0. The van der Waals surface area contributed by atoms with E-state index in [-0.39, 0.29) is 21.2 Å². The molecule has 0 fully saturated rings. The van der Waals surface area contributed by atoms with Crippen molar-refractivity contribution in [3.63, 3.8) is 0 Å². The van der Waals surface area contributed by atoms with E-state index in [1.807, 2.05) is 0 Å². The molecule has 0 bridgehead atoms. The number of para-hydroxylation sites is 2. The second-order valence-electron chi connectivity index (χ2n) is 15.5. The van der Waals surface area contributed by atoms with Crippen LogP contribution in [-0.4, -0.2) is 29.3 Å². The van der Waals surface area contributed by atoms with Crippen molar-refractivity contribution < 1.29 is 9.47 Å². The molecule has 0 atom stereocenters. The van der Waals surface area contributed by atoms with Gasteiger partial charge in [0.05, 0.1) is 0 Å². The van der Waals surface area contributed by atoms with E-state index in [1.165, 1.54) is 67.7 Å². The Bertz CT molecular complexity index is 3070. The molecular formula is C54H35BO2SeSi. The summed E-state index contributed by atoms with van der Waals surface area (Å²) in [6.07, 6.45) is 0. The van der Waals surface area contributed by atoms with Crippen LogP contribution in [0.2, 0.25) is 0 Å². The van der Waals surface area contributed by atoms with Crippen LogP contribution in [0.1, 0.15) is 0 Å². The van der Waals surface area contributed by atoms with Crippen molar-refractivity contribution in [2.24, 2.45) is 0 Å². The molecule has 0 spiro atoms. The van der Waals surface area contributed by atoms with E-state index in [4.69, 9.17) is 9.47 Å². The van der Waals surface area contributed by atoms with E-state index in [9.17, 15) is 0 Å². The van der Waals surface area contributed by atoms with E-state index in [1.54, 1.807) is 0 Å². The first-order valence-corrected chi connectivity index (χ1v) is 23.9. The summed E-state index contributed by atoms with van der Waals surface area (Å²) >= 11 is 0.0528. The van der Waals surface area contributed by atoms with Gasteiger partial charge in [0.2, 0.25) is 0 Å². The quantitative estimate of drug-likeness (QED) is 0.124. The molecule has 0 unspecified atom stereocenters. The first-order valence-electron chi connectivity index (χ1n) is 20.2. The minimum atomic E-state index is -2.69. The minimum absolute atomic E-state index is 0.0528. The van der Waals surface area contributed by atoms with Crippen molar-refractivity contribution in [1.29, 1.82) is 0 Å². The van der Waals surface area contributed by atoms with Gasteiger partial charge in [-0.2, -0.15) is 0 Å². The Morgan fingerprint density at radius 1 is 0.356 bits per heavy atom. The molecule has 3 heterocycles. The normalized spacial score (nSPS) is 12.6. The predicted molar refractivity (Wildman–Crippen MR) is 251 cm³/mol. The van der Waals surface area contributed by atoms with E-state index < -0.39 is 8.07 Å². The topological polar surface area (TPSA) is 18.5 Å². The zero-order chi connectivity index (χ0) is 38.9. The van der Waals surface area contributed by atoms with Crippen molar-refractivity contribution in [2.45, 2.75) is 0 Å². The van der Waals surface area contributed by atoms with Gasteiger partial charge in [-0.1, -0.05) is 0 Å². The summed E-state index contributed by atoms with van der Waals surface area (Å²) in [5.74, 6) is 3.56. The molecule has 0 saturated heterocycles. The maximum atomic E-state index is 6.72. The summed E-state index contributed by atoms with van der Waals surface area (Å²) in [5.41, 5.74) is 8.40. The van der Waals surface area contributed by atoms with Gasteiger partial charge < -0.3 is 0 Å². The predicted octanol–water partition coefficient (Wildman–Crippen LogP) is 8.49. The third-order valence-electron chi connectivity index (χ3n) is 12.4. The second kappa shape index (κ2) is 13.8. The standard InChI is InChI=1S/C54H35BO2SeSi/c1-4-18-38(19-5-1)59(39-20-6-2-7-21-39,40-22-8-3-9-23-40)41-24-14-17-36(33-41)42-25-15-27-44-45-28-16-26-43(54(45)58-53(42)44)37-34-50-52-51(35-37)57-49-32-13-11-30-47(49)55(52)46-29-10-12-31-48(46)56-50/h1-35H. The fourth-order valence-electron chi connectivity index (χ4n) is 9.81. The SMILES string of the molecule is c1ccc([Si](c2ccccc2)(c2ccccc2)c2cccc(-c3cccc4c3[se]c3c(-c5cc6c7c(c5)Oc5ccccc5B7c5ccccc5O6)cccc34)c2)cc1. The van der Waals surface area contributed by atoms with Crippen LogP contribution < -0.4 is 46.6 Å². The van der Waals surface area contributed by atoms with Crippen LogP contribution in [0.4, 0.5) is 0 Å². The zero-order valence-corrected chi connectivity index (χ0v) is 34.7. The van der Waals surface area contributed by atoms with Gasteiger partial charge in [0.25, 0.3) is 0 Å². The molecule has 0 aliphatic carbocycles. The molecule has 59 heavy (non-hydrogen) atoms. The summed E-state index contributed by atoms with van der Waals surface area (Å²) in [5, 5.41) is 8.17. The van der Waals surface area contributed by atoms with Gasteiger partial charge in [0.15, 0.2) is 0 Å².